The van der Waals surface area contributed by atoms with Crippen LogP contribution in [-0.2, 0) is 12.8 Å². The number of benzene rings is 8. The second-order valence-electron chi connectivity index (χ2n) is 23.5. The summed E-state index contributed by atoms with van der Waals surface area (Å²) in [5.41, 5.74) is 21.4. The van der Waals surface area contributed by atoms with Crippen LogP contribution in [0.15, 0.2) is 161 Å². The Hall–Kier alpha value is -7.56. The number of hydrogen-bond acceptors (Lipinski definition) is 4. The first-order valence-electron chi connectivity index (χ1n) is 29.5. The Morgan fingerprint density at radius 2 is 1.12 bits per heavy atom. The average Bonchev–Trinajstić information content (AvgIpc) is 4.05. The van der Waals surface area contributed by atoms with Crippen molar-refractivity contribution in [2.45, 2.75) is 137 Å². The predicted molar refractivity (Wildman–Crippen MR) is 334 cm³/mol. The normalized spacial score (nSPS) is 15.1. The molecule has 0 bridgehead atoms. The highest BCUT2D eigenvalue weighted by atomic mass is 16.3. The lowest BCUT2D eigenvalue weighted by atomic mass is 9.82. The molecule has 4 nitrogen and oxygen atoms in total. The number of para-hydroxylation sites is 5. The lowest BCUT2D eigenvalue weighted by Gasteiger charge is -2.32. The van der Waals surface area contributed by atoms with Crippen molar-refractivity contribution in [3.05, 3.63) is 202 Å². The van der Waals surface area contributed by atoms with Crippen LogP contribution in [0.2, 0.25) is 0 Å². The van der Waals surface area contributed by atoms with Gasteiger partial charge in [0.1, 0.15) is 11.3 Å². The van der Waals surface area contributed by atoms with Gasteiger partial charge in [0.05, 0.1) is 22.7 Å². The summed E-state index contributed by atoms with van der Waals surface area (Å²) in [4.78, 5) is 5.10. The number of aryl methyl sites for hydroxylation is 2. The first-order valence-corrected chi connectivity index (χ1v) is 29.5. The van der Waals surface area contributed by atoms with Crippen LogP contribution in [0.3, 0.4) is 0 Å². The molecule has 0 N–H and O–H groups in total. The number of anilines is 6. The molecular formula is C74H74N2O2. The third-order valence-electron chi connectivity index (χ3n) is 18.0. The van der Waals surface area contributed by atoms with Crippen LogP contribution in [0.4, 0.5) is 34.1 Å². The predicted octanol–water partition coefficient (Wildman–Crippen LogP) is 22.4. The third kappa shape index (κ3) is 8.15. The van der Waals surface area contributed by atoms with E-state index < -0.39 is 0 Å². The van der Waals surface area contributed by atoms with Crippen molar-refractivity contribution < 1.29 is 8.83 Å². The van der Waals surface area contributed by atoms with Crippen molar-refractivity contribution in [2.75, 3.05) is 9.80 Å². The molecule has 392 valence electrons. The van der Waals surface area contributed by atoms with Crippen molar-refractivity contribution in [3.63, 3.8) is 0 Å². The summed E-state index contributed by atoms with van der Waals surface area (Å²) < 4.78 is 14.8. The number of fused-ring (bicyclic) bond motifs is 6. The minimum absolute atomic E-state index is 0.242. The van der Waals surface area contributed by atoms with Gasteiger partial charge in [-0.05, 0) is 168 Å². The van der Waals surface area contributed by atoms with Crippen LogP contribution >= 0.6 is 0 Å². The van der Waals surface area contributed by atoms with E-state index in [1.54, 1.807) is 0 Å². The molecule has 3 aliphatic carbocycles. The SMILES string of the molecule is CCCC(CC)c1cccc2c1oc1c(N(c3ccccc3C)c3cc(C(C)C)c4c5c3ccc3c(C(C)C)cc(N(c6ccccc6C)c6cccc7c8c(oc67)C(C6CCCCC6)=CC=CC8)c(c35)C=CC4)cccc12. The maximum atomic E-state index is 7.46. The van der Waals surface area contributed by atoms with Gasteiger partial charge in [-0.3, -0.25) is 0 Å². The van der Waals surface area contributed by atoms with Gasteiger partial charge >= 0.3 is 0 Å². The van der Waals surface area contributed by atoms with Gasteiger partial charge in [-0.15, -0.1) is 0 Å². The van der Waals surface area contributed by atoms with Crippen LogP contribution in [0.25, 0.3) is 66.1 Å². The van der Waals surface area contributed by atoms with Gasteiger partial charge in [-0.25, -0.2) is 0 Å². The van der Waals surface area contributed by atoms with E-state index in [-0.39, 0.29) is 11.8 Å². The molecule has 1 saturated carbocycles. The highest BCUT2D eigenvalue weighted by molar-refractivity contribution is 6.22. The Bertz CT molecular complexity index is 4070. The minimum atomic E-state index is 0.242. The molecule has 78 heavy (non-hydrogen) atoms. The number of nitrogens with zero attached hydrogens (tertiary/aromatic N) is 2. The molecule has 3 aliphatic rings. The Kier molecular flexibility index (Phi) is 13.0. The molecule has 1 atom stereocenters. The van der Waals surface area contributed by atoms with Crippen LogP contribution in [-0.4, -0.2) is 0 Å². The van der Waals surface area contributed by atoms with E-state index in [1.807, 2.05) is 0 Å². The zero-order valence-electron chi connectivity index (χ0n) is 47.1. The fourth-order valence-corrected chi connectivity index (χ4v) is 14.2. The minimum Gasteiger partial charge on any atom is -0.454 e. The largest absolute Gasteiger partial charge is 0.454 e. The zero-order chi connectivity index (χ0) is 53.3. The smallest absolute Gasteiger partial charge is 0.159 e. The van der Waals surface area contributed by atoms with Crippen LogP contribution in [0.1, 0.15) is 161 Å². The van der Waals surface area contributed by atoms with Gasteiger partial charge in [0.2, 0.25) is 0 Å². The maximum Gasteiger partial charge on any atom is 0.159 e. The number of furan rings is 2. The van der Waals surface area contributed by atoms with E-state index in [0.29, 0.717) is 11.8 Å². The summed E-state index contributed by atoms with van der Waals surface area (Å²) in [5, 5.41) is 8.73. The Morgan fingerprint density at radius 1 is 0.513 bits per heavy atom. The number of rotatable bonds is 13. The fraction of sp³-hybridized carbons (Fsp3) is 0.297. The molecule has 4 heteroatoms. The standard InChI is InChI=1S/C74H74N2O2/c1-9-24-49(10-2)51-31-20-33-56-58-35-23-40-66(74(58)77-71(51)56)76(64-38-19-15-26-48(64)8)68-43-61(45(3)4)53-32-21-36-59-67(44-62(46(5)6)54-41-42-60(68)69(53)70(54)59)75(63-37-18-14-25-47(63)7)65-39-22-34-57-55-30-17-16-29-52(72(55)78-73(57)65)50-27-12-11-13-28-50/h14-23,25-26,29,31,33-46,49-50H,9-13,24,27-28,30,32H2,1-8H3. The van der Waals surface area contributed by atoms with Crippen LogP contribution in [0, 0.1) is 19.8 Å². The summed E-state index contributed by atoms with van der Waals surface area (Å²) in [7, 11) is 0. The van der Waals surface area contributed by atoms with Gasteiger partial charge in [0.25, 0.3) is 0 Å². The molecular weight excluding hydrogens is 949 g/mol. The first-order chi connectivity index (χ1) is 38.1. The summed E-state index contributed by atoms with van der Waals surface area (Å²) >= 11 is 0. The monoisotopic (exact) mass is 1020 g/mol. The highest BCUT2D eigenvalue weighted by Gasteiger charge is 2.33. The summed E-state index contributed by atoms with van der Waals surface area (Å²) in [6.07, 6.45) is 23.2. The topological polar surface area (TPSA) is 32.8 Å². The summed E-state index contributed by atoms with van der Waals surface area (Å²) in [6.45, 7) is 18.6. The average molecular weight is 1020 g/mol. The van der Waals surface area contributed by atoms with E-state index in [9.17, 15) is 0 Å². The molecule has 0 saturated heterocycles. The third-order valence-corrected chi connectivity index (χ3v) is 18.0. The number of allylic oxidation sites excluding steroid dienone is 5. The molecule has 1 fully saturated rings. The highest BCUT2D eigenvalue weighted by Crippen LogP contribution is 2.54. The molecule has 0 amide bonds. The van der Waals surface area contributed by atoms with Crippen molar-refractivity contribution in [1.82, 2.24) is 0 Å². The summed E-state index contributed by atoms with van der Waals surface area (Å²) in [5.74, 6) is 2.53. The van der Waals surface area contributed by atoms with Crippen LogP contribution < -0.4 is 9.80 Å². The van der Waals surface area contributed by atoms with Gasteiger partial charge in [-0.1, -0.05) is 189 Å². The molecule has 2 heterocycles. The van der Waals surface area contributed by atoms with Crippen LogP contribution in [0.5, 0.6) is 0 Å². The van der Waals surface area contributed by atoms with Gasteiger partial charge in [0.15, 0.2) is 11.2 Å². The molecule has 0 aliphatic heterocycles. The maximum absolute atomic E-state index is 7.46. The lowest BCUT2D eigenvalue weighted by molar-refractivity contribution is 0.422. The molecule has 10 aromatic rings. The van der Waals surface area contributed by atoms with E-state index in [1.165, 1.54) is 120 Å². The van der Waals surface area contributed by atoms with E-state index >= 15 is 0 Å². The van der Waals surface area contributed by atoms with Gasteiger partial charge in [0, 0.05) is 44.0 Å². The Labute approximate surface area is 461 Å². The Morgan fingerprint density at radius 3 is 1.79 bits per heavy atom. The first kappa shape index (κ1) is 50.0. The van der Waals surface area contributed by atoms with E-state index in [2.05, 4.69) is 223 Å². The van der Waals surface area contributed by atoms with Gasteiger partial charge in [-0.2, -0.15) is 0 Å². The molecule has 0 spiro atoms. The van der Waals surface area contributed by atoms with Crippen molar-refractivity contribution in [1.29, 1.82) is 0 Å². The second-order valence-corrected chi connectivity index (χ2v) is 23.5. The molecule has 8 aromatic carbocycles. The quantitative estimate of drug-likeness (QED) is 0.108. The Balaban J connectivity index is 1.11. The van der Waals surface area contributed by atoms with Crippen molar-refractivity contribution in [3.8, 4) is 0 Å². The van der Waals surface area contributed by atoms with Gasteiger partial charge < -0.3 is 18.6 Å². The molecule has 1 unspecified atom stereocenters. The fourth-order valence-electron chi connectivity index (χ4n) is 14.2. The summed E-state index contributed by atoms with van der Waals surface area (Å²) in [6, 6.07) is 48.2. The van der Waals surface area contributed by atoms with Crippen molar-refractivity contribution in [2.24, 2.45) is 5.92 Å². The van der Waals surface area contributed by atoms with E-state index in [0.717, 1.165) is 88.4 Å². The zero-order valence-corrected chi connectivity index (χ0v) is 47.1. The second kappa shape index (κ2) is 20.3. The van der Waals surface area contributed by atoms with Crippen molar-refractivity contribution >= 4 is 100 Å². The molecule has 13 rings (SSSR count). The molecule has 2 aromatic heterocycles. The molecule has 0 radical (unpaired) electrons. The van der Waals surface area contributed by atoms with E-state index in [4.69, 9.17) is 8.83 Å². The lowest BCUT2D eigenvalue weighted by Crippen LogP contribution is -2.15. The number of hydrogen-bond donors (Lipinski definition) is 0.